The van der Waals surface area contributed by atoms with Crippen LogP contribution in [-0.4, -0.2) is 37.8 Å². The van der Waals surface area contributed by atoms with Crippen LogP contribution in [0.3, 0.4) is 0 Å². The third-order valence-corrected chi connectivity index (χ3v) is 2.78. The van der Waals surface area contributed by atoms with Gasteiger partial charge in [0.1, 0.15) is 12.7 Å². The fourth-order valence-corrected chi connectivity index (χ4v) is 2.03. The number of carbonyl (C=O) groups is 1. The molecule has 0 aromatic rings. The van der Waals surface area contributed by atoms with Crippen LogP contribution in [0.5, 0.6) is 0 Å². The molecule has 0 saturated carbocycles. The highest BCUT2D eigenvalue weighted by Crippen LogP contribution is 2.24. The minimum Gasteiger partial charge on any atom is -0.444 e. The van der Waals surface area contributed by atoms with Crippen LogP contribution >= 0.6 is 0 Å². The average Bonchev–Trinajstić information content (AvgIpc) is 2.67. The SMILES string of the molecule is CO/N=C1\CB(C#N)CC1CNC(=O)OC(C)(C)C. The summed E-state index contributed by atoms with van der Waals surface area (Å²) in [4.78, 5) is 16.3. The van der Waals surface area contributed by atoms with Crippen molar-refractivity contribution in [1.82, 2.24) is 5.32 Å². The molecule has 0 bridgehead atoms. The number of alkyl carbamates (subject to hydrolysis) is 1. The second kappa shape index (κ2) is 6.46. The van der Waals surface area contributed by atoms with Gasteiger partial charge in [-0.15, -0.1) is 0 Å². The van der Waals surface area contributed by atoms with Crippen LogP contribution < -0.4 is 5.32 Å². The number of nitriles is 1. The number of ether oxygens (including phenoxy) is 1. The van der Waals surface area contributed by atoms with E-state index in [2.05, 4.69) is 16.4 Å². The lowest BCUT2D eigenvalue weighted by atomic mass is 9.50. The number of nitrogens with zero attached hydrogens (tertiary/aromatic N) is 2. The van der Waals surface area contributed by atoms with Crippen LogP contribution in [0.2, 0.25) is 12.6 Å². The van der Waals surface area contributed by atoms with Gasteiger partial charge in [-0.2, -0.15) is 0 Å². The Morgan fingerprint density at radius 1 is 1.63 bits per heavy atom. The van der Waals surface area contributed by atoms with Gasteiger partial charge in [0.15, 0.2) is 0 Å². The Balaban J connectivity index is 2.50. The molecule has 0 aliphatic carbocycles. The Kier molecular flexibility index (Phi) is 5.22. The second-order valence-corrected chi connectivity index (χ2v) is 5.61. The van der Waals surface area contributed by atoms with Crippen LogP contribution in [-0.2, 0) is 9.57 Å². The number of rotatable bonds is 3. The monoisotopic (exact) mass is 265 g/mol. The minimum absolute atomic E-state index is 0.0390. The Labute approximate surface area is 114 Å². The van der Waals surface area contributed by atoms with Crippen molar-refractivity contribution in [2.75, 3.05) is 13.7 Å². The number of nitrogens with one attached hydrogen (secondary N) is 1. The molecule has 7 heteroatoms. The summed E-state index contributed by atoms with van der Waals surface area (Å²) in [6, 6.07) is 0. The molecule has 1 unspecified atom stereocenters. The Morgan fingerprint density at radius 2 is 2.32 bits per heavy atom. The highest BCUT2D eigenvalue weighted by molar-refractivity contribution is 6.72. The smallest absolute Gasteiger partial charge is 0.407 e. The van der Waals surface area contributed by atoms with Crippen molar-refractivity contribution in [2.24, 2.45) is 11.1 Å². The molecule has 1 rings (SSSR count). The van der Waals surface area contributed by atoms with E-state index in [0.29, 0.717) is 19.2 Å². The summed E-state index contributed by atoms with van der Waals surface area (Å²) < 4.78 is 5.16. The number of amides is 1. The van der Waals surface area contributed by atoms with E-state index in [4.69, 9.17) is 14.8 Å². The molecular formula is C12H20BN3O3. The highest BCUT2D eigenvalue weighted by Gasteiger charge is 2.35. The van der Waals surface area contributed by atoms with E-state index in [0.717, 1.165) is 5.71 Å². The van der Waals surface area contributed by atoms with Gasteiger partial charge >= 0.3 is 6.09 Å². The summed E-state index contributed by atoms with van der Waals surface area (Å²) in [6.45, 7) is 5.79. The summed E-state index contributed by atoms with van der Waals surface area (Å²) in [5.74, 6) is 2.27. The minimum atomic E-state index is -0.515. The van der Waals surface area contributed by atoms with E-state index >= 15 is 0 Å². The van der Waals surface area contributed by atoms with Crippen LogP contribution in [0.1, 0.15) is 20.8 Å². The standard InChI is InChI=1S/C12H20BN3O3/c1-12(2,3)19-11(17)15-7-9-5-13(8-14)6-10(9)16-18-4/h9H,5-7H2,1-4H3,(H,15,17)/b16-10+. The van der Waals surface area contributed by atoms with Gasteiger partial charge < -0.3 is 14.9 Å². The largest absolute Gasteiger partial charge is 0.444 e. The number of carbonyl (C=O) groups excluding carboxylic acids is 1. The molecule has 1 atom stereocenters. The van der Waals surface area contributed by atoms with Crippen LogP contribution in [0, 0.1) is 17.1 Å². The molecule has 104 valence electrons. The first-order valence-electron chi connectivity index (χ1n) is 6.32. The maximum absolute atomic E-state index is 11.6. The highest BCUT2D eigenvalue weighted by atomic mass is 16.6. The van der Waals surface area contributed by atoms with E-state index in [1.54, 1.807) is 0 Å². The Bertz CT molecular complexity index is 398. The van der Waals surface area contributed by atoms with Gasteiger partial charge in [0.05, 0.1) is 5.71 Å². The summed E-state index contributed by atoms with van der Waals surface area (Å²) >= 11 is 0. The third-order valence-electron chi connectivity index (χ3n) is 2.78. The Morgan fingerprint density at radius 3 is 2.84 bits per heavy atom. The van der Waals surface area contributed by atoms with E-state index < -0.39 is 11.7 Å². The van der Waals surface area contributed by atoms with Gasteiger partial charge in [0.2, 0.25) is 0 Å². The van der Waals surface area contributed by atoms with Crippen molar-refractivity contribution in [2.45, 2.75) is 39.0 Å². The molecule has 19 heavy (non-hydrogen) atoms. The Hall–Kier alpha value is -1.71. The van der Waals surface area contributed by atoms with Crippen molar-refractivity contribution in [3.63, 3.8) is 0 Å². The first-order chi connectivity index (χ1) is 8.85. The fraction of sp³-hybridized carbons (Fsp3) is 0.750. The van der Waals surface area contributed by atoms with Crippen LogP contribution in [0.15, 0.2) is 5.16 Å². The van der Waals surface area contributed by atoms with E-state index in [1.807, 2.05) is 20.8 Å². The first-order valence-corrected chi connectivity index (χ1v) is 6.32. The molecule has 0 aromatic heterocycles. The predicted octanol–water partition coefficient (Wildman–Crippen LogP) is 1.70. The van der Waals surface area contributed by atoms with Crippen molar-refractivity contribution < 1.29 is 14.4 Å². The van der Waals surface area contributed by atoms with Gasteiger partial charge in [-0.05, 0) is 33.4 Å². The van der Waals surface area contributed by atoms with Gasteiger partial charge in [-0.25, -0.2) is 10.1 Å². The van der Waals surface area contributed by atoms with E-state index in [1.165, 1.54) is 7.11 Å². The maximum atomic E-state index is 11.6. The van der Waals surface area contributed by atoms with Crippen LogP contribution in [0.4, 0.5) is 4.79 Å². The zero-order chi connectivity index (χ0) is 14.5. The number of hydrogen-bond acceptors (Lipinski definition) is 5. The summed E-state index contributed by atoms with van der Waals surface area (Å²) in [5, 5.41) is 15.6. The topological polar surface area (TPSA) is 83.7 Å². The van der Waals surface area contributed by atoms with Crippen molar-refractivity contribution in [3.8, 4) is 5.97 Å². The molecule has 0 spiro atoms. The fourth-order valence-electron chi connectivity index (χ4n) is 2.03. The number of hydrogen-bond donors (Lipinski definition) is 1. The van der Waals surface area contributed by atoms with Crippen molar-refractivity contribution in [3.05, 3.63) is 0 Å². The van der Waals surface area contributed by atoms with Gasteiger partial charge in [0.25, 0.3) is 6.71 Å². The molecule has 1 fully saturated rings. The lowest BCUT2D eigenvalue weighted by Gasteiger charge is -2.20. The molecule has 0 radical (unpaired) electrons. The molecule has 1 N–H and O–H groups in total. The molecule has 1 amide bonds. The zero-order valence-electron chi connectivity index (χ0n) is 11.9. The number of oxime groups is 1. The summed E-state index contributed by atoms with van der Waals surface area (Å²) in [7, 11) is 1.48. The molecular weight excluding hydrogens is 245 g/mol. The predicted molar refractivity (Wildman–Crippen MR) is 73.2 cm³/mol. The van der Waals surface area contributed by atoms with Gasteiger partial charge in [-0.1, -0.05) is 5.16 Å². The molecule has 1 aliphatic rings. The summed E-state index contributed by atoms with van der Waals surface area (Å²) in [5.41, 5.74) is 0.309. The average molecular weight is 265 g/mol. The lowest BCUT2D eigenvalue weighted by Crippen LogP contribution is -2.36. The first kappa shape index (κ1) is 15.4. The molecule has 6 nitrogen and oxygen atoms in total. The van der Waals surface area contributed by atoms with Crippen molar-refractivity contribution >= 4 is 18.5 Å². The van der Waals surface area contributed by atoms with Gasteiger partial charge in [0, 0.05) is 18.4 Å². The van der Waals surface area contributed by atoms with Crippen LogP contribution in [0.25, 0.3) is 0 Å². The second-order valence-electron chi connectivity index (χ2n) is 5.61. The molecule has 1 saturated heterocycles. The van der Waals surface area contributed by atoms with Crippen molar-refractivity contribution in [1.29, 1.82) is 5.26 Å². The quantitative estimate of drug-likeness (QED) is 0.621. The van der Waals surface area contributed by atoms with E-state index in [9.17, 15) is 4.79 Å². The zero-order valence-corrected chi connectivity index (χ0v) is 11.9. The maximum Gasteiger partial charge on any atom is 0.407 e. The third kappa shape index (κ3) is 5.20. The molecule has 1 heterocycles. The van der Waals surface area contributed by atoms with Gasteiger partial charge in [-0.3, -0.25) is 0 Å². The lowest BCUT2D eigenvalue weighted by molar-refractivity contribution is 0.0524. The summed E-state index contributed by atoms with van der Waals surface area (Å²) in [6.07, 6.45) is 0.837. The molecule has 1 aliphatic heterocycles. The normalized spacial score (nSPS) is 21.1. The van der Waals surface area contributed by atoms with E-state index in [-0.39, 0.29) is 12.6 Å². The molecule has 0 aromatic carbocycles.